The molecule has 0 aliphatic heterocycles. The fourth-order valence-corrected chi connectivity index (χ4v) is 3.34. The molecule has 0 aromatic carbocycles. The second-order valence-corrected chi connectivity index (χ2v) is 6.97. The van der Waals surface area contributed by atoms with Crippen LogP contribution in [0.4, 0.5) is 5.69 Å². The first kappa shape index (κ1) is 15.7. The van der Waals surface area contributed by atoms with Gasteiger partial charge in [-0.05, 0) is 34.5 Å². The third kappa shape index (κ3) is 3.92. The number of aryl methyl sites for hydroxylation is 1. The van der Waals surface area contributed by atoms with Gasteiger partial charge < -0.3 is 9.88 Å². The molecule has 2 heterocycles. The second kappa shape index (κ2) is 6.86. The maximum Gasteiger partial charge on any atom is 0.287 e. The summed E-state index contributed by atoms with van der Waals surface area (Å²) in [5.41, 5.74) is 0.256. The van der Waals surface area contributed by atoms with Gasteiger partial charge in [-0.3, -0.25) is 14.9 Å². The van der Waals surface area contributed by atoms with Crippen molar-refractivity contribution in [3.8, 4) is 0 Å². The highest BCUT2D eigenvalue weighted by atomic mass is 79.9. The van der Waals surface area contributed by atoms with E-state index in [2.05, 4.69) is 21.2 Å². The van der Waals surface area contributed by atoms with Gasteiger partial charge in [0, 0.05) is 17.5 Å². The Morgan fingerprint density at radius 1 is 1.52 bits per heavy atom. The van der Waals surface area contributed by atoms with Crippen LogP contribution in [-0.2, 0) is 13.1 Å². The van der Waals surface area contributed by atoms with Crippen molar-refractivity contribution >= 4 is 38.9 Å². The molecule has 0 aliphatic rings. The zero-order valence-corrected chi connectivity index (χ0v) is 13.7. The van der Waals surface area contributed by atoms with Gasteiger partial charge in [0.05, 0.1) is 21.5 Å². The summed E-state index contributed by atoms with van der Waals surface area (Å²) in [7, 11) is 0. The maximum atomic E-state index is 12.2. The van der Waals surface area contributed by atoms with Crippen LogP contribution in [0, 0.1) is 10.1 Å². The molecule has 0 unspecified atom stereocenters. The molecule has 2 aromatic heterocycles. The molecule has 1 amide bonds. The van der Waals surface area contributed by atoms with Crippen molar-refractivity contribution in [3.63, 3.8) is 0 Å². The topological polar surface area (TPSA) is 77.2 Å². The molecule has 21 heavy (non-hydrogen) atoms. The van der Waals surface area contributed by atoms with E-state index in [1.54, 1.807) is 4.57 Å². The summed E-state index contributed by atoms with van der Waals surface area (Å²) in [5.74, 6) is -0.305. The average Bonchev–Trinajstić information content (AvgIpc) is 3.03. The number of hydrogen-bond acceptors (Lipinski definition) is 4. The Bertz CT molecular complexity index is 665. The van der Waals surface area contributed by atoms with Crippen LogP contribution in [-0.4, -0.2) is 15.4 Å². The highest BCUT2D eigenvalue weighted by Gasteiger charge is 2.18. The molecule has 0 bridgehead atoms. The lowest BCUT2D eigenvalue weighted by Gasteiger charge is -2.07. The van der Waals surface area contributed by atoms with Crippen LogP contribution in [0.15, 0.2) is 28.2 Å². The van der Waals surface area contributed by atoms with Crippen LogP contribution in [0.2, 0.25) is 0 Å². The van der Waals surface area contributed by atoms with E-state index in [4.69, 9.17) is 0 Å². The number of aromatic nitrogens is 1. The highest BCUT2D eigenvalue weighted by Crippen LogP contribution is 2.22. The van der Waals surface area contributed by atoms with E-state index in [1.807, 2.05) is 19.1 Å². The zero-order chi connectivity index (χ0) is 15.4. The third-order valence-corrected chi connectivity index (χ3v) is 4.47. The molecular formula is C13H14BrN3O3S. The number of rotatable bonds is 6. The summed E-state index contributed by atoms with van der Waals surface area (Å²) < 4.78 is 2.62. The van der Waals surface area contributed by atoms with Crippen molar-refractivity contribution in [3.05, 3.63) is 48.9 Å². The molecule has 0 radical (unpaired) electrons. The van der Waals surface area contributed by atoms with Crippen LogP contribution in [0.1, 0.15) is 28.7 Å². The number of halogens is 1. The van der Waals surface area contributed by atoms with Gasteiger partial charge in [0.15, 0.2) is 0 Å². The number of nitro groups is 1. The van der Waals surface area contributed by atoms with Crippen molar-refractivity contribution in [1.29, 1.82) is 0 Å². The summed E-state index contributed by atoms with van der Waals surface area (Å²) in [6.45, 7) is 2.93. The lowest BCUT2D eigenvalue weighted by atomic mass is 10.3. The van der Waals surface area contributed by atoms with Crippen LogP contribution < -0.4 is 5.32 Å². The lowest BCUT2D eigenvalue weighted by molar-refractivity contribution is -0.384. The van der Waals surface area contributed by atoms with Gasteiger partial charge in [0.2, 0.25) is 0 Å². The molecule has 112 valence electrons. The van der Waals surface area contributed by atoms with Gasteiger partial charge in [-0.1, -0.05) is 6.92 Å². The van der Waals surface area contributed by atoms with E-state index >= 15 is 0 Å². The van der Waals surface area contributed by atoms with Gasteiger partial charge in [0.25, 0.3) is 11.6 Å². The molecule has 1 N–H and O–H groups in total. The van der Waals surface area contributed by atoms with Gasteiger partial charge in [-0.15, -0.1) is 11.3 Å². The SMILES string of the molecule is CCCn1cc([N+](=O)[O-])cc1C(=O)NCc1ccc(Br)s1. The number of thiophene rings is 1. The Morgan fingerprint density at radius 3 is 2.86 bits per heavy atom. The average molecular weight is 372 g/mol. The standard InChI is InChI=1S/C13H14BrN3O3S/c1-2-5-16-8-9(17(19)20)6-11(16)13(18)15-7-10-3-4-12(14)21-10/h3-4,6,8H,2,5,7H2,1H3,(H,15,18). The first-order valence-corrected chi connectivity index (χ1v) is 7.99. The molecule has 2 aromatic rings. The first-order valence-electron chi connectivity index (χ1n) is 6.38. The summed E-state index contributed by atoms with van der Waals surface area (Å²) in [6, 6.07) is 5.15. The predicted octanol–water partition coefficient (Wildman–Crippen LogP) is 3.56. The van der Waals surface area contributed by atoms with Crippen molar-refractivity contribution in [2.45, 2.75) is 26.4 Å². The highest BCUT2D eigenvalue weighted by molar-refractivity contribution is 9.11. The largest absolute Gasteiger partial charge is 0.346 e. The minimum atomic E-state index is -0.487. The van der Waals surface area contributed by atoms with Gasteiger partial charge >= 0.3 is 0 Å². The van der Waals surface area contributed by atoms with Crippen molar-refractivity contribution in [2.24, 2.45) is 0 Å². The number of nitrogens with one attached hydrogen (secondary N) is 1. The quantitative estimate of drug-likeness (QED) is 0.622. The van der Waals surface area contributed by atoms with Gasteiger partial charge in [0.1, 0.15) is 5.69 Å². The molecular weight excluding hydrogens is 358 g/mol. The van der Waals surface area contributed by atoms with Crippen LogP contribution in [0.25, 0.3) is 0 Å². The monoisotopic (exact) mass is 371 g/mol. The molecule has 0 saturated heterocycles. The van der Waals surface area contributed by atoms with E-state index in [9.17, 15) is 14.9 Å². The van der Waals surface area contributed by atoms with Crippen molar-refractivity contribution < 1.29 is 9.72 Å². The van der Waals surface area contributed by atoms with E-state index in [-0.39, 0.29) is 11.6 Å². The van der Waals surface area contributed by atoms with Gasteiger partial charge in [-0.25, -0.2) is 0 Å². The molecule has 6 nitrogen and oxygen atoms in total. The molecule has 0 atom stereocenters. The smallest absolute Gasteiger partial charge is 0.287 e. The normalized spacial score (nSPS) is 10.6. The fraction of sp³-hybridized carbons (Fsp3) is 0.308. The van der Waals surface area contributed by atoms with Crippen LogP contribution in [0.3, 0.4) is 0 Å². The Kier molecular flexibility index (Phi) is 5.13. The Hall–Kier alpha value is -1.67. The molecule has 0 aliphatic carbocycles. The van der Waals surface area contributed by atoms with Crippen LogP contribution >= 0.6 is 27.3 Å². The van der Waals surface area contributed by atoms with E-state index in [0.29, 0.717) is 18.8 Å². The zero-order valence-electron chi connectivity index (χ0n) is 11.3. The second-order valence-electron chi connectivity index (χ2n) is 4.42. The third-order valence-electron chi connectivity index (χ3n) is 2.84. The lowest BCUT2D eigenvalue weighted by Crippen LogP contribution is -2.25. The van der Waals surface area contributed by atoms with Crippen molar-refractivity contribution in [1.82, 2.24) is 9.88 Å². The number of nitrogens with zero attached hydrogens (tertiary/aromatic N) is 2. The molecule has 0 spiro atoms. The van der Waals surface area contributed by atoms with Crippen molar-refractivity contribution in [2.75, 3.05) is 0 Å². The molecule has 2 rings (SSSR count). The summed E-state index contributed by atoms with van der Waals surface area (Å²) in [6.07, 6.45) is 2.20. The molecule has 8 heteroatoms. The minimum Gasteiger partial charge on any atom is -0.346 e. The number of carbonyl (C=O) groups excluding carboxylic acids is 1. The summed E-state index contributed by atoms with van der Waals surface area (Å²) in [4.78, 5) is 23.6. The maximum absolute atomic E-state index is 12.2. The Labute approximate surface area is 134 Å². The molecule has 0 fully saturated rings. The minimum absolute atomic E-state index is 0.0625. The fourth-order valence-electron chi connectivity index (χ4n) is 1.92. The Morgan fingerprint density at radius 2 is 2.29 bits per heavy atom. The van der Waals surface area contributed by atoms with Gasteiger partial charge in [-0.2, -0.15) is 0 Å². The number of hydrogen-bond donors (Lipinski definition) is 1. The number of amides is 1. The van der Waals surface area contributed by atoms with E-state index < -0.39 is 4.92 Å². The first-order chi connectivity index (χ1) is 10.0. The van der Waals surface area contributed by atoms with E-state index in [1.165, 1.54) is 23.6 Å². The van der Waals surface area contributed by atoms with E-state index in [0.717, 1.165) is 15.1 Å². The van der Waals surface area contributed by atoms with Crippen LogP contribution in [0.5, 0.6) is 0 Å². The Balaban J connectivity index is 2.11. The number of carbonyl (C=O) groups is 1. The summed E-state index contributed by atoms with van der Waals surface area (Å²) in [5, 5.41) is 13.6. The predicted molar refractivity (Wildman–Crippen MR) is 84.6 cm³/mol. The summed E-state index contributed by atoms with van der Waals surface area (Å²) >= 11 is 4.90. The molecule has 0 saturated carbocycles.